The fraction of sp³-hybridized carbons (Fsp3) is 0.857. The molecule has 4 heteroatoms. The zero-order valence-corrected chi connectivity index (χ0v) is 12.2. The number of rotatable bonds is 5. The van der Waals surface area contributed by atoms with Crippen LogP contribution in [-0.4, -0.2) is 34.3 Å². The molecule has 0 aromatic rings. The lowest BCUT2D eigenvalue weighted by molar-refractivity contribution is -0.160. The third-order valence-electron chi connectivity index (χ3n) is 4.27. The van der Waals surface area contributed by atoms with Crippen molar-refractivity contribution >= 4 is 11.8 Å². The van der Waals surface area contributed by atoms with Crippen molar-refractivity contribution in [1.82, 2.24) is 10.2 Å². The summed E-state index contributed by atoms with van der Waals surface area (Å²) in [6.45, 7) is 9.93. The van der Waals surface area contributed by atoms with Crippen LogP contribution in [0.5, 0.6) is 0 Å². The molecule has 4 nitrogen and oxygen atoms in total. The molecule has 2 amide bonds. The lowest BCUT2D eigenvalue weighted by Gasteiger charge is -2.49. The highest BCUT2D eigenvalue weighted by molar-refractivity contribution is 5.99. The van der Waals surface area contributed by atoms with Crippen molar-refractivity contribution in [2.75, 3.05) is 0 Å². The minimum absolute atomic E-state index is 0.0108. The van der Waals surface area contributed by atoms with Crippen LogP contribution in [0.25, 0.3) is 0 Å². The number of nitrogens with one attached hydrogen (secondary N) is 1. The molecule has 0 spiro atoms. The highest BCUT2D eigenvalue weighted by Crippen LogP contribution is 2.30. The maximum atomic E-state index is 12.5. The minimum Gasteiger partial charge on any atom is -0.342 e. The molecular weight excluding hydrogens is 228 g/mol. The van der Waals surface area contributed by atoms with E-state index in [0.717, 1.165) is 12.8 Å². The van der Waals surface area contributed by atoms with Gasteiger partial charge in [0.2, 0.25) is 11.8 Å². The third-order valence-corrected chi connectivity index (χ3v) is 4.27. The topological polar surface area (TPSA) is 49.4 Å². The zero-order chi connectivity index (χ0) is 13.9. The minimum atomic E-state index is -0.695. The Morgan fingerprint density at radius 1 is 1.22 bits per heavy atom. The smallest absolute Gasteiger partial charge is 0.246 e. The quantitative estimate of drug-likeness (QED) is 0.816. The number of carbonyl (C=O) groups is 2. The van der Waals surface area contributed by atoms with Crippen LogP contribution in [0, 0.1) is 0 Å². The first-order valence-electron chi connectivity index (χ1n) is 7.10. The van der Waals surface area contributed by atoms with E-state index in [1.807, 2.05) is 25.7 Å². The maximum Gasteiger partial charge on any atom is 0.246 e. The van der Waals surface area contributed by atoms with E-state index in [2.05, 4.69) is 19.2 Å². The van der Waals surface area contributed by atoms with Crippen molar-refractivity contribution < 1.29 is 9.59 Å². The summed E-state index contributed by atoms with van der Waals surface area (Å²) in [5, 5.41) is 2.86. The normalized spacial score (nSPS) is 28.8. The Labute approximate surface area is 110 Å². The van der Waals surface area contributed by atoms with Crippen LogP contribution in [0.2, 0.25) is 0 Å². The molecular formula is C14H26N2O2. The zero-order valence-electron chi connectivity index (χ0n) is 12.2. The Kier molecular flexibility index (Phi) is 4.77. The second-order valence-corrected chi connectivity index (χ2v) is 5.24. The van der Waals surface area contributed by atoms with E-state index in [4.69, 9.17) is 0 Å². The molecule has 18 heavy (non-hydrogen) atoms. The number of amides is 2. The number of hydrogen-bond acceptors (Lipinski definition) is 2. The molecule has 1 fully saturated rings. The summed E-state index contributed by atoms with van der Waals surface area (Å²) < 4.78 is 0. The predicted octanol–water partition coefficient (Wildman–Crippen LogP) is 2.08. The van der Waals surface area contributed by atoms with Gasteiger partial charge < -0.3 is 10.2 Å². The highest BCUT2D eigenvalue weighted by Gasteiger charge is 2.49. The monoisotopic (exact) mass is 254 g/mol. The molecule has 0 saturated carbocycles. The van der Waals surface area contributed by atoms with Crippen LogP contribution in [0.4, 0.5) is 0 Å². The Balaban J connectivity index is 3.17. The van der Waals surface area contributed by atoms with Gasteiger partial charge in [-0.25, -0.2) is 0 Å². The third kappa shape index (κ3) is 2.25. The van der Waals surface area contributed by atoms with Gasteiger partial charge in [-0.3, -0.25) is 9.59 Å². The van der Waals surface area contributed by atoms with Gasteiger partial charge in [0.15, 0.2) is 0 Å². The summed E-state index contributed by atoms with van der Waals surface area (Å²) in [4.78, 5) is 26.7. The molecule has 2 unspecified atom stereocenters. The fourth-order valence-electron chi connectivity index (χ4n) is 2.74. The van der Waals surface area contributed by atoms with E-state index in [0.29, 0.717) is 12.8 Å². The first-order chi connectivity index (χ1) is 8.46. The second kappa shape index (κ2) is 5.72. The van der Waals surface area contributed by atoms with Gasteiger partial charge in [-0.2, -0.15) is 0 Å². The lowest BCUT2D eigenvalue weighted by Crippen LogP contribution is -2.71. The van der Waals surface area contributed by atoms with Gasteiger partial charge in [0.25, 0.3) is 0 Å². The van der Waals surface area contributed by atoms with E-state index in [-0.39, 0.29) is 23.9 Å². The maximum absolute atomic E-state index is 12.5. The van der Waals surface area contributed by atoms with Crippen LogP contribution < -0.4 is 5.32 Å². The van der Waals surface area contributed by atoms with Crippen LogP contribution in [0.1, 0.15) is 60.3 Å². The molecule has 1 aliphatic heterocycles. The lowest BCUT2D eigenvalue weighted by atomic mass is 9.87. The molecule has 1 aliphatic rings. The van der Waals surface area contributed by atoms with Crippen LogP contribution >= 0.6 is 0 Å². The number of piperazine rings is 1. The average Bonchev–Trinajstić information content (AvgIpc) is 2.38. The second-order valence-electron chi connectivity index (χ2n) is 5.24. The summed E-state index contributed by atoms with van der Waals surface area (Å²) in [5.74, 6) is 0.0681. The number of nitrogens with zero attached hydrogens (tertiary/aromatic N) is 1. The Morgan fingerprint density at radius 2 is 1.78 bits per heavy atom. The fourth-order valence-corrected chi connectivity index (χ4v) is 2.74. The number of hydrogen-bond donors (Lipinski definition) is 1. The number of carbonyl (C=O) groups excluding carboxylic acids is 2. The van der Waals surface area contributed by atoms with Crippen molar-refractivity contribution in [1.29, 1.82) is 0 Å². The highest BCUT2D eigenvalue weighted by atomic mass is 16.2. The van der Waals surface area contributed by atoms with E-state index in [9.17, 15) is 9.59 Å². The predicted molar refractivity (Wildman–Crippen MR) is 72.1 cm³/mol. The van der Waals surface area contributed by atoms with Gasteiger partial charge in [-0.1, -0.05) is 27.7 Å². The molecule has 0 aromatic carbocycles. The van der Waals surface area contributed by atoms with Crippen molar-refractivity contribution in [3.8, 4) is 0 Å². The van der Waals surface area contributed by atoms with E-state index in [1.165, 1.54) is 0 Å². The van der Waals surface area contributed by atoms with Gasteiger partial charge in [0.05, 0.1) is 0 Å². The van der Waals surface area contributed by atoms with Crippen molar-refractivity contribution in [2.24, 2.45) is 0 Å². The van der Waals surface area contributed by atoms with Gasteiger partial charge in [-0.05, 0) is 32.6 Å². The molecule has 1 rings (SSSR count). The van der Waals surface area contributed by atoms with Crippen LogP contribution in [0.3, 0.4) is 0 Å². The van der Waals surface area contributed by atoms with Crippen LogP contribution in [0.15, 0.2) is 0 Å². The van der Waals surface area contributed by atoms with Crippen molar-refractivity contribution in [3.05, 3.63) is 0 Å². The van der Waals surface area contributed by atoms with Gasteiger partial charge in [0.1, 0.15) is 11.6 Å². The van der Waals surface area contributed by atoms with E-state index < -0.39 is 5.54 Å². The molecule has 0 aliphatic carbocycles. The molecule has 1 saturated heterocycles. The summed E-state index contributed by atoms with van der Waals surface area (Å²) >= 11 is 0. The molecule has 2 atom stereocenters. The van der Waals surface area contributed by atoms with E-state index in [1.54, 1.807) is 0 Å². The van der Waals surface area contributed by atoms with Crippen LogP contribution in [-0.2, 0) is 9.59 Å². The largest absolute Gasteiger partial charge is 0.342 e. The summed E-state index contributed by atoms with van der Waals surface area (Å²) in [5.41, 5.74) is -0.695. The Morgan fingerprint density at radius 3 is 2.17 bits per heavy atom. The molecule has 104 valence electrons. The summed E-state index contributed by atoms with van der Waals surface area (Å²) in [6.07, 6.45) is 3.08. The summed E-state index contributed by atoms with van der Waals surface area (Å²) in [7, 11) is 0. The van der Waals surface area contributed by atoms with E-state index >= 15 is 0 Å². The van der Waals surface area contributed by atoms with Gasteiger partial charge in [0, 0.05) is 6.04 Å². The standard InChI is InChI=1S/C14H26N2O2/c1-6-10(7-2)16-12(17)11(8-3)15-13(18)14(16,5)9-4/h10-11H,6-9H2,1-5H3,(H,15,18). The SMILES string of the molecule is CCC1NC(=O)C(C)(CC)N(C(CC)CC)C1=O. The average molecular weight is 254 g/mol. The Bertz CT molecular complexity index is 326. The van der Waals surface area contributed by atoms with Crippen molar-refractivity contribution in [2.45, 2.75) is 77.9 Å². The first-order valence-corrected chi connectivity index (χ1v) is 7.10. The first kappa shape index (κ1) is 15.0. The molecule has 1 N–H and O–H groups in total. The molecule has 0 radical (unpaired) electrons. The molecule has 1 heterocycles. The van der Waals surface area contributed by atoms with Gasteiger partial charge >= 0.3 is 0 Å². The Hall–Kier alpha value is -1.06. The van der Waals surface area contributed by atoms with Crippen molar-refractivity contribution in [3.63, 3.8) is 0 Å². The van der Waals surface area contributed by atoms with Gasteiger partial charge in [-0.15, -0.1) is 0 Å². The summed E-state index contributed by atoms with van der Waals surface area (Å²) in [6, 6.07) is -0.194. The molecule has 0 bridgehead atoms. The molecule has 0 aromatic heterocycles.